The lowest BCUT2D eigenvalue weighted by Gasteiger charge is -2.10. The monoisotopic (exact) mass is 305 g/mol. The van der Waals surface area contributed by atoms with Crippen LogP contribution in [0.25, 0.3) is 11.3 Å². The van der Waals surface area contributed by atoms with Crippen molar-refractivity contribution in [3.05, 3.63) is 35.1 Å². The van der Waals surface area contributed by atoms with Crippen LogP contribution in [-0.2, 0) is 6.42 Å². The van der Waals surface area contributed by atoms with E-state index >= 15 is 0 Å². The smallest absolute Gasteiger partial charge is 0.138 e. The number of methoxy groups -OCH3 is 1. The van der Waals surface area contributed by atoms with Crippen LogP contribution in [0, 0.1) is 0 Å². The molecule has 0 amide bonds. The highest BCUT2D eigenvalue weighted by atomic mass is 35.5. The van der Waals surface area contributed by atoms with Gasteiger partial charge in [-0.3, -0.25) is 0 Å². The van der Waals surface area contributed by atoms with Gasteiger partial charge in [0.1, 0.15) is 17.4 Å². The van der Waals surface area contributed by atoms with Crippen molar-refractivity contribution >= 4 is 17.4 Å². The Morgan fingerprint density at radius 2 is 2.00 bits per heavy atom. The second-order valence-corrected chi connectivity index (χ2v) is 5.09. The first kappa shape index (κ1) is 15.6. The SMILES string of the molecule is CCCc1nc(NCC)cc(-c2ccc(Cl)c(OC)c2)n1. The van der Waals surface area contributed by atoms with E-state index < -0.39 is 0 Å². The highest BCUT2D eigenvalue weighted by Crippen LogP contribution is 2.30. The average Bonchev–Trinajstić information content (AvgIpc) is 2.48. The number of hydrogen-bond acceptors (Lipinski definition) is 4. The molecule has 0 bridgehead atoms. The Labute approximate surface area is 130 Å². The highest BCUT2D eigenvalue weighted by Gasteiger charge is 2.09. The maximum absolute atomic E-state index is 6.08. The van der Waals surface area contributed by atoms with Gasteiger partial charge in [-0.25, -0.2) is 9.97 Å². The third kappa shape index (κ3) is 3.85. The molecule has 2 aromatic rings. The number of benzene rings is 1. The zero-order valence-electron chi connectivity index (χ0n) is 12.6. The summed E-state index contributed by atoms with van der Waals surface area (Å²) in [6, 6.07) is 7.62. The highest BCUT2D eigenvalue weighted by molar-refractivity contribution is 6.32. The minimum atomic E-state index is 0.594. The van der Waals surface area contributed by atoms with Crippen molar-refractivity contribution in [1.82, 2.24) is 9.97 Å². The first-order valence-corrected chi connectivity index (χ1v) is 7.51. The van der Waals surface area contributed by atoms with Crippen LogP contribution in [0.4, 0.5) is 5.82 Å². The second-order valence-electron chi connectivity index (χ2n) is 4.68. The van der Waals surface area contributed by atoms with Crippen LogP contribution in [0.2, 0.25) is 5.02 Å². The molecule has 1 aromatic carbocycles. The molecule has 0 saturated carbocycles. The standard InChI is InChI=1S/C16H20ClN3O/c1-4-6-15-19-13(10-16(20-15)18-5-2)11-7-8-12(17)14(9-11)21-3/h7-10H,4-6H2,1-3H3,(H,18,19,20). The van der Waals surface area contributed by atoms with Crippen molar-refractivity contribution in [3.63, 3.8) is 0 Å². The fourth-order valence-electron chi connectivity index (χ4n) is 2.07. The zero-order chi connectivity index (χ0) is 15.2. The van der Waals surface area contributed by atoms with Gasteiger partial charge in [0, 0.05) is 24.6 Å². The lowest BCUT2D eigenvalue weighted by Crippen LogP contribution is -2.04. The summed E-state index contributed by atoms with van der Waals surface area (Å²) in [6.07, 6.45) is 1.87. The summed E-state index contributed by atoms with van der Waals surface area (Å²) in [7, 11) is 1.61. The number of hydrogen-bond donors (Lipinski definition) is 1. The van der Waals surface area contributed by atoms with Gasteiger partial charge in [0.15, 0.2) is 0 Å². The summed E-state index contributed by atoms with van der Waals surface area (Å²) in [5, 5.41) is 3.84. The Morgan fingerprint density at radius 3 is 2.67 bits per heavy atom. The van der Waals surface area contributed by atoms with E-state index in [9.17, 15) is 0 Å². The summed E-state index contributed by atoms with van der Waals surface area (Å²) in [5.74, 6) is 2.34. The van der Waals surface area contributed by atoms with Crippen molar-refractivity contribution < 1.29 is 4.74 Å². The topological polar surface area (TPSA) is 47.0 Å². The average molecular weight is 306 g/mol. The molecule has 2 rings (SSSR count). The maximum Gasteiger partial charge on any atom is 0.138 e. The van der Waals surface area contributed by atoms with Gasteiger partial charge in [0.05, 0.1) is 17.8 Å². The Balaban J connectivity index is 2.46. The lowest BCUT2D eigenvalue weighted by atomic mass is 10.1. The maximum atomic E-state index is 6.08. The molecule has 0 aliphatic heterocycles. The Hall–Kier alpha value is -1.81. The van der Waals surface area contributed by atoms with Crippen molar-refractivity contribution in [1.29, 1.82) is 0 Å². The van der Waals surface area contributed by atoms with E-state index in [1.807, 2.05) is 31.2 Å². The van der Waals surface area contributed by atoms with Crippen LogP contribution in [0.15, 0.2) is 24.3 Å². The number of aryl methyl sites for hydroxylation is 1. The molecule has 0 saturated heterocycles. The molecule has 1 N–H and O–H groups in total. The van der Waals surface area contributed by atoms with Gasteiger partial charge in [-0.2, -0.15) is 0 Å². The molecule has 1 heterocycles. The minimum Gasteiger partial charge on any atom is -0.495 e. The third-order valence-electron chi connectivity index (χ3n) is 3.05. The van der Waals surface area contributed by atoms with Gasteiger partial charge >= 0.3 is 0 Å². The molecule has 112 valence electrons. The number of nitrogens with zero attached hydrogens (tertiary/aromatic N) is 2. The predicted octanol–water partition coefficient (Wildman–Crippen LogP) is 4.19. The van der Waals surface area contributed by atoms with Gasteiger partial charge < -0.3 is 10.1 Å². The van der Waals surface area contributed by atoms with Crippen LogP contribution >= 0.6 is 11.6 Å². The molecule has 21 heavy (non-hydrogen) atoms. The number of anilines is 1. The molecular formula is C16H20ClN3O. The quantitative estimate of drug-likeness (QED) is 0.869. The summed E-state index contributed by atoms with van der Waals surface area (Å²) < 4.78 is 5.27. The van der Waals surface area contributed by atoms with Gasteiger partial charge in [-0.1, -0.05) is 24.6 Å². The lowest BCUT2D eigenvalue weighted by molar-refractivity contribution is 0.415. The van der Waals surface area contributed by atoms with Crippen molar-refractivity contribution in [2.45, 2.75) is 26.7 Å². The normalized spacial score (nSPS) is 10.5. The van der Waals surface area contributed by atoms with Crippen molar-refractivity contribution in [3.8, 4) is 17.0 Å². The summed E-state index contributed by atoms with van der Waals surface area (Å²) in [5.41, 5.74) is 1.84. The van der Waals surface area contributed by atoms with Crippen molar-refractivity contribution in [2.75, 3.05) is 19.0 Å². The number of ether oxygens (including phenoxy) is 1. The zero-order valence-corrected chi connectivity index (χ0v) is 13.4. The number of halogens is 1. The van der Waals surface area contributed by atoms with E-state index in [2.05, 4.69) is 22.2 Å². The van der Waals surface area contributed by atoms with Crippen LogP contribution in [0.1, 0.15) is 26.1 Å². The summed E-state index contributed by atoms with van der Waals surface area (Å²) in [4.78, 5) is 9.15. The van der Waals surface area contributed by atoms with Gasteiger partial charge in [-0.05, 0) is 25.5 Å². The Kier molecular flexibility index (Phi) is 5.39. The molecule has 0 atom stereocenters. The number of aromatic nitrogens is 2. The van der Waals surface area contributed by atoms with E-state index in [0.29, 0.717) is 10.8 Å². The van der Waals surface area contributed by atoms with E-state index in [1.165, 1.54) is 0 Å². The van der Waals surface area contributed by atoms with Gasteiger partial charge in [0.25, 0.3) is 0 Å². The second kappa shape index (κ2) is 7.27. The van der Waals surface area contributed by atoms with E-state index in [0.717, 1.165) is 42.3 Å². The fourth-order valence-corrected chi connectivity index (χ4v) is 2.27. The molecule has 1 aromatic heterocycles. The van der Waals surface area contributed by atoms with Crippen LogP contribution in [-0.4, -0.2) is 23.6 Å². The van der Waals surface area contributed by atoms with Gasteiger partial charge in [-0.15, -0.1) is 0 Å². The molecule has 0 fully saturated rings. The molecule has 0 radical (unpaired) electrons. The van der Waals surface area contributed by atoms with E-state index in [4.69, 9.17) is 16.3 Å². The Morgan fingerprint density at radius 1 is 1.19 bits per heavy atom. The molecule has 0 unspecified atom stereocenters. The van der Waals surface area contributed by atoms with Gasteiger partial charge in [0.2, 0.25) is 0 Å². The molecule has 0 spiro atoms. The third-order valence-corrected chi connectivity index (χ3v) is 3.36. The number of nitrogens with one attached hydrogen (secondary N) is 1. The first-order valence-electron chi connectivity index (χ1n) is 7.13. The molecule has 0 aliphatic rings. The van der Waals surface area contributed by atoms with E-state index in [-0.39, 0.29) is 0 Å². The summed E-state index contributed by atoms with van der Waals surface area (Å²) >= 11 is 6.08. The predicted molar refractivity (Wildman–Crippen MR) is 87.2 cm³/mol. The molecule has 5 heteroatoms. The first-order chi connectivity index (χ1) is 10.2. The molecular weight excluding hydrogens is 286 g/mol. The van der Waals surface area contributed by atoms with E-state index in [1.54, 1.807) is 7.11 Å². The largest absolute Gasteiger partial charge is 0.495 e. The Bertz CT molecular complexity index is 592. The van der Waals surface area contributed by atoms with Crippen molar-refractivity contribution in [2.24, 2.45) is 0 Å². The molecule has 0 aliphatic carbocycles. The fraction of sp³-hybridized carbons (Fsp3) is 0.375. The number of rotatable bonds is 6. The van der Waals surface area contributed by atoms with Crippen LogP contribution < -0.4 is 10.1 Å². The van der Waals surface area contributed by atoms with Crippen LogP contribution in [0.5, 0.6) is 5.75 Å². The minimum absolute atomic E-state index is 0.594. The van der Waals surface area contributed by atoms with Crippen LogP contribution in [0.3, 0.4) is 0 Å². The molecule has 4 nitrogen and oxygen atoms in total. The summed E-state index contributed by atoms with van der Waals surface area (Å²) in [6.45, 7) is 4.99.